The van der Waals surface area contributed by atoms with Crippen molar-refractivity contribution in [3.05, 3.63) is 82.9 Å². The number of anilines is 1. The monoisotopic (exact) mass is 518 g/mol. The largest absolute Gasteiger partial charge is 0.586 e. The van der Waals surface area contributed by atoms with Gasteiger partial charge in [0.15, 0.2) is 11.5 Å². The molecule has 0 radical (unpaired) electrons. The Morgan fingerprint density at radius 3 is 2.43 bits per heavy atom. The van der Waals surface area contributed by atoms with Crippen molar-refractivity contribution in [3.63, 3.8) is 0 Å². The first-order valence-electron chi connectivity index (χ1n) is 10.9. The molecule has 0 bridgehead atoms. The maximum Gasteiger partial charge on any atom is 0.586 e. The lowest BCUT2D eigenvalue weighted by molar-refractivity contribution is -0.287. The van der Waals surface area contributed by atoms with Crippen LogP contribution in [0.2, 0.25) is 5.02 Å². The first-order valence-corrected chi connectivity index (χ1v) is 12.1. The zero-order valence-corrected chi connectivity index (χ0v) is 19.9. The highest BCUT2D eigenvalue weighted by molar-refractivity contribution is 8.00. The molecule has 10 heteroatoms. The highest BCUT2D eigenvalue weighted by Crippen LogP contribution is 2.46. The number of nitrogens with one attached hydrogen (secondary N) is 1. The predicted molar refractivity (Wildman–Crippen MR) is 129 cm³/mol. The number of hydrogen-bond donors (Lipinski definition) is 2. The maximum absolute atomic E-state index is 13.4. The molecule has 35 heavy (non-hydrogen) atoms. The Kier molecular flexibility index (Phi) is 6.25. The van der Waals surface area contributed by atoms with Crippen LogP contribution in [0.5, 0.6) is 11.5 Å². The smallest absolute Gasteiger partial charge is 0.395 e. The lowest BCUT2D eigenvalue weighted by Gasteiger charge is -2.39. The molecule has 2 aliphatic heterocycles. The second-order valence-electron chi connectivity index (χ2n) is 8.34. The van der Waals surface area contributed by atoms with E-state index in [0.717, 1.165) is 11.9 Å². The van der Waals surface area contributed by atoms with Crippen LogP contribution in [0.1, 0.15) is 28.8 Å². The summed E-state index contributed by atoms with van der Waals surface area (Å²) >= 11 is 7.37. The van der Waals surface area contributed by atoms with Crippen LogP contribution in [0, 0.1) is 0 Å². The van der Waals surface area contributed by atoms with Crippen molar-refractivity contribution in [2.24, 2.45) is 0 Å². The van der Waals surface area contributed by atoms with E-state index in [9.17, 15) is 18.7 Å². The van der Waals surface area contributed by atoms with Crippen molar-refractivity contribution >= 4 is 35.1 Å². The molecule has 0 spiro atoms. The standard InChI is InChI=1S/C25H21ClF2N2O4S/c26-19-5-2-1-4-18(19)24(32)12-14-30(15-13-24)23(31)16-8-10-17(11-9-16)29-35-21-7-3-6-20-22(21)34-25(27,28)33-20/h1-11,29,32H,12-15H2. The van der Waals surface area contributed by atoms with E-state index in [1.165, 1.54) is 6.07 Å². The number of carbonyl (C=O) groups is 1. The Labute approximate surface area is 209 Å². The van der Waals surface area contributed by atoms with Crippen LogP contribution in [-0.4, -0.2) is 35.3 Å². The molecule has 1 fully saturated rings. The average molecular weight is 519 g/mol. The third-order valence-electron chi connectivity index (χ3n) is 6.06. The number of likely N-dealkylation sites (tertiary alicyclic amines) is 1. The fourth-order valence-electron chi connectivity index (χ4n) is 4.19. The molecule has 0 saturated carbocycles. The van der Waals surface area contributed by atoms with Gasteiger partial charge in [0, 0.05) is 34.9 Å². The van der Waals surface area contributed by atoms with Gasteiger partial charge >= 0.3 is 6.29 Å². The quantitative estimate of drug-likeness (QED) is 0.409. The summed E-state index contributed by atoms with van der Waals surface area (Å²) in [6, 6.07) is 18.7. The number of piperidine rings is 1. The number of rotatable bonds is 5. The van der Waals surface area contributed by atoms with Crippen LogP contribution in [0.3, 0.4) is 0 Å². The number of amides is 1. The van der Waals surface area contributed by atoms with E-state index >= 15 is 0 Å². The molecule has 5 rings (SSSR count). The molecule has 182 valence electrons. The topological polar surface area (TPSA) is 71.0 Å². The number of carbonyl (C=O) groups excluding carboxylic acids is 1. The average Bonchev–Trinajstić information content (AvgIpc) is 3.18. The summed E-state index contributed by atoms with van der Waals surface area (Å²) in [7, 11) is 0. The zero-order valence-electron chi connectivity index (χ0n) is 18.3. The van der Waals surface area contributed by atoms with Crippen LogP contribution in [0.4, 0.5) is 14.5 Å². The van der Waals surface area contributed by atoms with Crippen LogP contribution in [0.25, 0.3) is 0 Å². The summed E-state index contributed by atoms with van der Waals surface area (Å²) < 4.78 is 38.9. The lowest BCUT2D eigenvalue weighted by Crippen LogP contribution is -2.45. The van der Waals surface area contributed by atoms with Crippen molar-refractivity contribution in [2.75, 3.05) is 17.8 Å². The third-order valence-corrected chi connectivity index (χ3v) is 7.26. The van der Waals surface area contributed by atoms with Gasteiger partial charge in [0.05, 0.1) is 10.5 Å². The van der Waals surface area contributed by atoms with Gasteiger partial charge in [0.2, 0.25) is 0 Å². The van der Waals surface area contributed by atoms with Gasteiger partial charge in [0.25, 0.3) is 5.91 Å². The highest BCUT2D eigenvalue weighted by atomic mass is 35.5. The summed E-state index contributed by atoms with van der Waals surface area (Å²) in [5, 5.41) is 11.6. The molecule has 3 aromatic rings. The van der Waals surface area contributed by atoms with Gasteiger partial charge in [-0.25, -0.2) is 0 Å². The molecule has 1 amide bonds. The minimum absolute atomic E-state index is 0.0225. The van der Waals surface area contributed by atoms with E-state index in [1.54, 1.807) is 47.4 Å². The lowest BCUT2D eigenvalue weighted by atomic mass is 9.84. The first kappa shape index (κ1) is 23.7. The van der Waals surface area contributed by atoms with Crippen molar-refractivity contribution in [3.8, 4) is 11.5 Å². The molecule has 3 aromatic carbocycles. The Bertz CT molecular complexity index is 1250. The van der Waals surface area contributed by atoms with Gasteiger partial charge in [0.1, 0.15) is 0 Å². The minimum atomic E-state index is -3.68. The molecule has 2 aliphatic rings. The van der Waals surface area contributed by atoms with E-state index in [2.05, 4.69) is 14.2 Å². The zero-order chi connectivity index (χ0) is 24.6. The molecule has 0 unspecified atom stereocenters. The SMILES string of the molecule is O=C(c1ccc(NSc2cccc3c2OC(F)(F)O3)cc1)N1CCC(O)(c2ccccc2Cl)CC1. The Morgan fingerprint density at radius 2 is 1.71 bits per heavy atom. The second-order valence-corrected chi connectivity index (χ2v) is 9.59. The molecule has 0 aromatic heterocycles. The fraction of sp³-hybridized carbons (Fsp3) is 0.240. The normalized spacial score (nSPS) is 17.8. The molecule has 0 aliphatic carbocycles. The van der Waals surface area contributed by atoms with Gasteiger partial charge in [-0.15, -0.1) is 8.78 Å². The third kappa shape index (κ3) is 4.89. The van der Waals surface area contributed by atoms with E-state index in [1.807, 2.05) is 18.2 Å². The molecule has 6 nitrogen and oxygen atoms in total. The minimum Gasteiger partial charge on any atom is -0.395 e. The van der Waals surface area contributed by atoms with Crippen molar-refractivity contribution < 1.29 is 28.2 Å². The number of fused-ring (bicyclic) bond motifs is 1. The van der Waals surface area contributed by atoms with Crippen LogP contribution in [0.15, 0.2) is 71.6 Å². The van der Waals surface area contributed by atoms with E-state index in [0.29, 0.717) is 52.7 Å². The van der Waals surface area contributed by atoms with E-state index < -0.39 is 11.9 Å². The van der Waals surface area contributed by atoms with Gasteiger partial charge < -0.3 is 24.2 Å². The summed E-state index contributed by atoms with van der Waals surface area (Å²) in [5.74, 6) is -0.173. The number of hydrogen-bond acceptors (Lipinski definition) is 6. The van der Waals surface area contributed by atoms with Gasteiger partial charge in [-0.05, 0) is 67.3 Å². The number of aliphatic hydroxyl groups is 1. The fourth-order valence-corrected chi connectivity index (χ4v) is 5.25. The number of ether oxygens (including phenoxy) is 2. The Hall–Kier alpha value is -3.01. The van der Waals surface area contributed by atoms with Crippen molar-refractivity contribution in [2.45, 2.75) is 29.6 Å². The van der Waals surface area contributed by atoms with Gasteiger partial charge in [-0.2, -0.15) is 0 Å². The highest BCUT2D eigenvalue weighted by Gasteiger charge is 2.44. The molecular weight excluding hydrogens is 498 g/mol. The van der Waals surface area contributed by atoms with E-state index in [4.69, 9.17) is 11.6 Å². The number of nitrogens with zero attached hydrogens (tertiary/aromatic N) is 1. The Balaban J connectivity index is 1.19. The summed E-state index contributed by atoms with van der Waals surface area (Å²) in [6.45, 7) is 0.810. The molecule has 2 N–H and O–H groups in total. The molecule has 2 heterocycles. The second kappa shape index (κ2) is 9.22. The number of benzene rings is 3. The number of alkyl halides is 2. The number of halogens is 3. The van der Waals surface area contributed by atoms with E-state index in [-0.39, 0.29) is 17.4 Å². The van der Waals surface area contributed by atoms with Gasteiger partial charge in [-0.1, -0.05) is 35.9 Å². The summed E-state index contributed by atoms with van der Waals surface area (Å²) in [6.07, 6.45) is -2.89. The van der Waals surface area contributed by atoms with Crippen LogP contribution < -0.4 is 14.2 Å². The first-order chi connectivity index (χ1) is 16.7. The van der Waals surface area contributed by atoms with Gasteiger partial charge in [-0.3, -0.25) is 4.79 Å². The molecule has 0 atom stereocenters. The Morgan fingerprint density at radius 1 is 1.00 bits per heavy atom. The van der Waals surface area contributed by atoms with Crippen LogP contribution >= 0.6 is 23.5 Å². The van der Waals surface area contributed by atoms with Crippen molar-refractivity contribution in [1.29, 1.82) is 0 Å². The summed E-state index contributed by atoms with van der Waals surface area (Å²) in [5.41, 5.74) is 0.824. The van der Waals surface area contributed by atoms with Crippen molar-refractivity contribution in [1.82, 2.24) is 4.90 Å². The van der Waals surface area contributed by atoms with Crippen LogP contribution in [-0.2, 0) is 5.60 Å². The molecular formula is C25H21ClF2N2O4S. The summed E-state index contributed by atoms with van der Waals surface area (Å²) in [4.78, 5) is 15.1. The maximum atomic E-state index is 13.4. The predicted octanol–water partition coefficient (Wildman–Crippen LogP) is 5.90. The molecule has 1 saturated heterocycles. The number of para-hydroxylation sites is 1.